The standard InChI is InChI=1S/C14H13ClFNO4/c1-7-9(16)4-5-10(11(7)15)17-6-8-12(18)20-14(2,3)21-13(8)19/h4-6,17H,1-3H3. The van der Waals surface area contributed by atoms with Crippen molar-refractivity contribution in [3.05, 3.63) is 40.3 Å². The van der Waals surface area contributed by atoms with Crippen molar-refractivity contribution >= 4 is 29.2 Å². The number of esters is 2. The molecule has 0 bridgehead atoms. The average Bonchev–Trinajstić information content (AvgIpc) is 2.36. The highest BCUT2D eigenvalue weighted by atomic mass is 35.5. The van der Waals surface area contributed by atoms with Crippen LogP contribution in [0.15, 0.2) is 23.9 Å². The fraction of sp³-hybridized carbons (Fsp3) is 0.286. The molecular weight excluding hydrogens is 301 g/mol. The molecule has 0 saturated carbocycles. The molecule has 0 aliphatic carbocycles. The van der Waals surface area contributed by atoms with Gasteiger partial charge in [0.1, 0.15) is 5.82 Å². The highest BCUT2D eigenvalue weighted by Crippen LogP contribution is 2.28. The number of halogens is 2. The monoisotopic (exact) mass is 313 g/mol. The summed E-state index contributed by atoms with van der Waals surface area (Å²) in [5.41, 5.74) is 0.316. The van der Waals surface area contributed by atoms with Crippen molar-refractivity contribution in [1.29, 1.82) is 0 Å². The molecule has 1 fully saturated rings. The molecule has 2 rings (SSSR count). The molecule has 1 aromatic rings. The van der Waals surface area contributed by atoms with E-state index in [2.05, 4.69) is 5.32 Å². The second-order valence-electron chi connectivity index (χ2n) is 4.92. The van der Waals surface area contributed by atoms with Gasteiger partial charge in [-0.05, 0) is 19.1 Å². The molecule has 1 aliphatic heterocycles. The Balaban J connectivity index is 2.24. The number of carbonyl (C=O) groups is 2. The van der Waals surface area contributed by atoms with Gasteiger partial charge in [-0.25, -0.2) is 14.0 Å². The number of benzene rings is 1. The van der Waals surface area contributed by atoms with Gasteiger partial charge in [-0.2, -0.15) is 0 Å². The van der Waals surface area contributed by atoms with Crippen LogP contribution in [0.1, 0.15) is 19.4 Å². The van der Waals surface area contributed by atoms with E-state index in [-0.39, 0.29) is 16.2 Å². The second-order valence-corrected chi connectivity index (χ2v) is 5.29. The van der Waals surface area contributed by atoms with Crippen molar-refractivity contribution in [2.75, 3.05) is 5.32 Å². The van der Waals surface area contributed by atoms with Crippen molar-refractivity contribution < 1.29 is 23.5 Å². The molecule has 0 amide bonds. The number of hydrogen-bond donors (Lipinski definition) is 1. The SMILES string of the molecule is Cc1c(F)ccc(NC=C2C(=O)OC(C)(C)OC2=O)c1Cl. The van der Waals surface area contributed by atoms with E-state index >= 15 is 0 Å². The predicted octanol–water partition coefficient (Wildman–Crippen LogP) is 2.92. The van der Waals surface area contributed by atoms with Crippen LogP contribution in [-0.4, -0.2) is 17.7 Å². The van der Waals surface area contributed by atoms with Gasteiger partial charge in [0, 0.05) is 25.6 Å². The Labute approximate surface area is 125 Å². The summed E-state index contributed by atoms with van der Waals surface area (Å²) in [7, 11) is 0. The topological polar surface area (TPSA) is 64.6 Å². The van der Waals surface area contributed by atoms with Crippen LogP contribution in [0.3, 0.4) is 0 Å². The number of cyclic esters (lactones) is 2. The Bertz CT molecular complexity index is 633. The molecule has 112 valence electrons. The Kier molecular flexibility index (Phi) is 3.91. The molecule has 1 aromatic carbocycles. The van der Waals surface area contributed by atoms with Crippen LogP contribution >= 0.6 is 11.6 Å². The lowest BCUT2D eigenvalue weighted by Crippen LogP contribution is -2.42. The summed E-state index contributed by atoms with van der Waals surface area (Å²) < 4.78 is 23.2. The van der Waals surface area contributed by atoms with Crippen molar-refractivity contribution in [2.24, 2.45) is 0 Å². The summed E-state index contributed by atoms with van der Waals surface area (Å²) in [4.78, 5) is 23.4. The van der Waals surface area contributed by atoms with E-state index in [1.807, 2.05) is 0 Å². The van der Waals surface area contributed by atoms with Gasteiger partial charge in [0.25, 0.3) is 5.79 Å². The first-order valence-electron chi connectivity index (χ1n) is 6.09. The molecule has 1 aliphatic rings. The molecular formula is C14H13ClFNO4. The minimum atomic E-state index is -1.30. The molecule has 0 unspecified atom stereocenters. The number of carbonyl (C=O) groups excluding carboxylic acids is 2. The Hall–Kier alpha value is -2.08. The van der Waals surface area contributed by atoms with E-state index in [0.717, 1.165) is 6.20 Å². The Morgan fingerprint density at radius 1 is 1.24 bits per heavy atom. The molecule has 0 spiro atoms. The molecule has 5 nitrogen and oxygen atoms in total. The van der Waals surface area contributed by atoms with Crippen LogP contribution in [0.5, 0.6) is 0 Å². The van der Waals surface area contributed by atoms with Gasteiger partial charge in [0.15, 0.2) is 5.57 Å². The number of nitrogens with one attached hydrogen (secondary N) is 1. The number of anilines is 1. The van der Waals surface area contributed by atoms with Gasteiger partial charge in [-0.1, -0.05) is 11.6 Å². The fourth-order valence-electron chi connectivity index (χ4n) is 1.70. The van der Waals surface area contributed by atoms with Crippen molar-refractivity contribution in [2.45, 2.75) is 26.6 Å². The van der Waals surface area contributed by atoms with Gasteiger partial charge < -0.3 is 14.8 Å². The van der Waals surface area contributed by atoms with Crippen LogP contribution in [0.25, 0.3) is 0 Å². The minimum absolute atomic E-state index is 0.157. The van der Waals surface area contributed by atoms with Gasteiger partial charge in [-0.15, -0.1) is 0 Å². The normalized spacial score (nSPS) is 17.1. The lowest BCUT2D eigenvalue weighted by atomic mass is 10.2. The van der Waals surface area contributed by atoms with Gasteiger partial charge >= 0.3 is 11.9 Å². The van der Waals surface area contributed by atoms with Crippen molar-refractivity contribution in [1.82, 2.24) is 0 Å². The fourth-order valence-corrected chi connectivity index (χ4v) is 1.91. The lowest BCUT2D eigenvalue weighted by Gasteiger charge is -2.29. The molecule has 1 saturated heterocycles. The van der Waals surface area contributed by atoms with E-state index in [1.165, 1.54) is 32.9 Å². The molecule has 0 aromatic heterocycles. The van der Waals surface area contributed by atoms with Gasteiger partial charge in [0.2, 0.25) is 0 Å². The predicted molar refractivity (Wildman–Crippen MR) is 74.1 cm³/mol. The number of rotatable bonds is 2. The molecule has 0 radical (unpaired) electrons. The largest absolute Gasteiger partial charge is 0.419 e. The maximum atomic E-state index is 13.3. The van der Waals surface area contributed by atoms with Crippen molar-refractivity contribution in [3.8, 4) is 0 Å². The number of hydrogen-bond acceptors (Lipinski definition) is 5. The first-order chi connectivity index (χ1) is 9.71. The Morgan fingerprint density at radius 3 is 2.38 bits per heavy atom. The smallest absolute Gasteiger partial charge is 0.350 e. The zero-order valence-corrected chi connectivity index (χ0v) is 12.4. The zero-order chi connectivity index (χ0) is 15.8. The third-order valence-corrected chi connectivity index (χ3v) is 3.30. The first kappa shape index (κ1) is 15.3. The van der Waals surface area contributed by atoms with Gasteiger partial charge in [0.05, 0.1) is 10.7 Å². The zero-order valence-electron chi connectivity index (χ0n) is 11.6. The van der Waals surface area contributed by atoms with Crippen LogP contribution in [0.4, 0.5) is 10.1 Å². The summed E-state index contributed by atoms with van der Waals surface area (Å²) in [5, 5.41) is 2.83. The third kappa shape index (κ3) is 3.16. The van der Waals surface area contributed by atoms with Crippen molar-refractivity contribution in [3.63, 3.8) is 0 Å². The van der Waals surface area contributed by atoms with E-state index in [1.54, 1.807) is 0 Å². The number of ether oxygens (including phenoxy) is 2. The molecule has 1 heterocycles. The molecule has 1 N–H and O–H groups in total. The van der Waals surface area contributed by atoms with E-state index < -0.39 is 23.5 Å². The van der Waals surface area contributed by atoms with Crippen LogP contribution < -0.4 is 5.32 Å². The molecule has 0 atom stereocenters. The Morgan fingerprint density at radius 2 is 1.81 bits per heavy atom. The third-order valence-electron chi connectivity index (χ3n) is 2.81. The van der Waals surface area contributed by atoms with Crippen LogP contribution in [0.2, 0.25) is 5.02 Å². The lowest BCUT2D eigenvalue weighted by molar-refractivity contribution is -0.222. The second kappa shape index (κ2) is 5.37. The maximum absolute atomic E-state index is 13.3. The molecule has 7 heteroatoms. The summed E-state index contributed by atoms with van der Waals surface area (Å²) in [6.45, 7) is 4.42. The quantitative estimate of drug-likeness (QED) is 0.516. The summed E-state index contributed by atoms with van der Waals surface area (Å²) in [6, 6.07) is 2.62. The molecule has 21 heavy (non-hydrogen) atoms. The minimum Gasteiger partial charge on any atom is -0.419 e. The average molecular weight is 314 g/mol. The van der Waals surface area contributed by atoms with E-state index in [9.17, 15) is 14.0 Å². The van der Waals surface area contributed by atoms with E-state index in [4.69, 9.17) is 21.1 Å². The summed E-state index contributed by atoms with van der Waals surface area (Å²) in [6.07, 6.45) is 1.12. The van der Waals surface area contributed by atoms with Crippen LogP contribution in [-0.2, 0) is 19.1 Å². The summed E-state index contributed by atoms with van der Waals surface area (Å²) >= 11 is 5.97. The highest BCUT2D eigenvalue weighted by molar-refractivity contribution is 6.34. The summed E-state index contributed by atoms with van der Waals surface area (Å²) in [5.74, 6) is -3.36. The van der Waals surface area contributed by atoms with Crippen LogP contribution in [0, 0.1) is 12.7 Å². The van der Waals surface area contributed by atoms with Gasteiger partial charge in [-0.3, -0.25) is 0 Å². The van der Waals surface area contributed by atoms with E-state index in [0.29, 0.717) is 5.69 Å². The maximum Gasteiger partial charge on any atom is 0.350 e. The first-order valence-corrected chi connectivity index (χ1v) is 6.47. The highest BCUT2D eigenvalue weighted by Gasteiger charge is 2.38.